The van der Waals surface area contributed by atoms with Crippen molar-refractivity contribution in [1.82, 2.24) is 0 Å². The maximum Gasteiger partial charge on any atom is 0.161 e. The van der Waals surface area contributed by atoms with Gasteiger partial charge in [-0.25, -0.2) is 0 Å². The standard InChI is InChI=1S/C17H20ClNO2/c1-4-21-17-10-13(8-9-16(17)20-3)11-19-15-7-5-6-14(18)12(15)2/h5-10,19H,4,11H2,1-3H3. The van der Waals surface area contributed by atoms with Gasteiger partial charge in [-0.05, 0) is 49.2 Å². The Morgan fingerprint density at radius 1 is 1.14 bits per heavy atom. The fraction of sp³-hybridized carbons (Fsp3) is 0.294. The van der Waals surface area contributed by atoms with Gasteiger partial charge < -0.3 is 14.8 Å². The minimum Gasteiger partial charge on any atom is -0.493 e. The van der Waals surface area contributed by atoms with Gasteiger partial charge in [-0.2, -0.15) is 0 Å². The molecule has 0 saturated heterocycles. The molecule has 2 aromatic carbocycles. The summed E-state index contributed by atoms with van der Waals surface area (Å²) < 4.78 is 10.9. The van der Waals surface area contributed by atoms with Gasteiger partial charge in [-0.1, -0.05) is 23.7 Å². The molecule has 0 bridgehead atoms. The molecule has 21 heavy (non-hydrogen) atoms. The molecule has 4 heteroatoms. The van der Waals surface area contributed by atoms with Crippen LogP contribution < -0.4 is 14.8 Å². The highest BCUT2D eigenvalue weighted by Crippen LogP contribution is 2.29. The van der Waals surface area contributed by atoms with Crippen molar-refractivity contribution in [1.29, 1.82) is 0 Å². The highest BCUT2D eigenvalue weighted by atomic mass is 35.5. The van der Waals surface area contributed by atoms with Crippen LogP contribution in [0.2, 0.25) is 5.02 Å². The molecule has 0 unspecified atom stereocenters. The first-order valence-electron chi connectivity index (χ1n) is 6.94. The minimum atomic E-state index is 0.612. The summed E-state index contributed by atoms with van der Waals surface area (Å²) >= 11 is 6.13. The lowest BCUT2D eigenvalue weighted by Gasteiger charge is -2.13. The second kappa shape index (κ2) is 7.23. The van der Waals surface area contributed by atoms with Crippen LogP contribution in [0.1, 0.15) is 18.1 Å². The van der Waals surface area contributed by atoms with Gasteiger partial charge in [-0.15, -0.1) is 0 Å². The average Bonchev–Trinajstić information content (AvgIpc) is 2.49. The summed E-state index contributed by atoms with van der Waals surface area (Å²) in [5, 5.41) is 4.16. The monoisotopic (exact) mass is 305 g/mol. The van der Waals surface area contributed by atoms with E-state index >= 15 is 0 Å². The summed E-state index contributed by atoms with van der Waals surface area (Å²) in [4.78, 5) is 0. The number of anilines is 1. The van der Waals surface area contributed by atoms with Crippen molar-refractivity contribution in [3.8, 4) is 11.5 Å². The van der Waals surface area contributed by atoms with Crippen LogP contribution in [0.5, 0.6) is 11.5 Å². The molecule has 0 saturated carbocycles. The van der Waals surface area contributed by atoms with E-state index in [1.54, 1.807) is 7.11 Å². The molecule has 0 heterocycles. The lowest BCUT2D eigenvalue weighted by molar-refractivity contribution is 0.310. The Hall–Kier alpha value is -1.87. The number of hydrogen-bond donors (Lipinski definition) is 1. The van der Waals surface area contributed by atoms with Gasteiger partial charge in [0.05, 0.1) is 13.7 Å². The largest absolute Gasteiger partial charge is 0.493 e. The molecule has 2 rings (SSSR count). The van der Waals surface area contributed by atoms with E-state index in [2.05, 4.69) is 5.32 Å². The molecule has 0 aliphatic rings. The molecule has 0 aliphatic carbocycles. The Labute approximate surface area is 130 Å². The summed E-state index contributed by atoms with van der Waals surface area (Å²) in [6, 6.07) is 11.8. The zero-order valence-electron chi connectivity index (χ0n) is 12.6. The number of hydrogen-bond acceptors (Lipinski definition) is 3. The van der Waals surface area contributed by atoms with E-state index in [9.17, 15) is 0 Å². The first-order chi connectivity index (χ1) is 10.2. The Morgan fingerprint density at radius 2 is 1.95 bits per heavy atom. The Morgan fingerprint density at radius 3 is 2.67 bits per heavy atom. The average molecular weight is 306 g/mol. The summed E-state index contributed by atoms with van der Waals surface area (Å²) in [5.41, 5.74) is 3.22. The summed E-state index contributed by atoms with van der Waals surface area (Å²) in [5.74, 6) is 1.52. The van der Waals surface area contributed by atoms with Crippen molar-refractivity contribution < 1.29 is 9.47 Å². The third kappa shape index (κ3) is 3.82. The van der Waals surface area contributed by atoms with Crippen molar-refractivity contribution >= 4 is 17.3 Å². The topological polar surface area (TPSA) is 30.5 Å². The van der Waals surface area contributed by atoms with Gasteiger partial charge in [0, 0.05) is 17.3 Å². The van der Waals surface area contributed by atoms with Gasteiger partial charge in [0.2, 0.25) is 0 Å². The van der Waals surface area contributed by atoms with Crippen LogP contribution in [-0.4, -0.2) is 13.7 Å². The predicted octanol–water partition coefficient (Wildman–Crippen LogP) is 4.67. The number of ether oxygens (including phenoxy) is 2. The SMILES string of the molecule is CCOc1cc(CNc2cccc(Cl)c2C)ccc1OC. The molecule has 112 valence electrons. The van der Waals surface area contributed by atoms with Crippen molar-refractivity contribution in [2.24, 2.45) is 0 Å². The lowest BCUT2D eigenvalue weighted by atomic mass is 10.1. The molecule has 0 amide bonds. The van der Waals surface area contributed by atoms with Crippen LogP contribution in [0.15, 0.2) is 36.4 Å². The summed E-state index contributed by atoms with van der Waals surface area (Å²) in [6.07, 6.45) is 0. The van der Waals surface area contributed by atoms with Crippen LogP contribution in [0, 0.1) is 6.92 Å². The lowest BCUT2D eigenvalue weighted by Crippen LogP contribution is -2.02. The van der Waals surface area contributed by atoms with Crippen molar-refractivity contribution in [2.45, 2.75) is 20.4 Å². The van der Waals surface area contributed by atoms with Gasteiger partial charge in [0.1, 0.15) is 0 Å². The predicted molar refractivity (Wildman–Crippen MR) is 87.7 cm³/mol. The molecule has 1 N–H and O–H groups in total. The Kier molecular flexibility index (Phi) is 5.34. The van der Waals surface area contributed by atoms with Gasteiger partial charge in [0.15, 0.2) is 11.5 Å². The highest BCUT2D eigenvalue weighted by Gasteiger charge is 2.06. The molecule has 3 nitrogen and oxygen atoms in total. The second-order valence-corrected chi connectivity index (χ2v) is 5.09. The summed E-state index contributed by atoms with van der Waals surface area (Å²) in [7, 11) is 1.64. The summed E-state index contributed by atoms with van der Waals surface area (Å²) in [6.45, 7) is 5.27. The first kappa shape index (κ1) is 15.5. The van der Waals surface area contributed by atoms with Gasteiger partial charge in [0.25, 0.3) is 0 Å². The van der Waals surface area contributed by atoms with E-state index in [0.717, 1.165) is 33.3 Å². The van der Waals surface area contributed by atoms with Crippen molar-refractivity contribution in [3.63, 3.8) is 0 Å². The number of halogens is 1. The van der Waals surface area contributed by atoms with Crippen molar-refractivity contribution in [3.05, 3.63) is 52.5 Å². The van der Waals surface area contributed by atoms with E-state index in [1.807, 2.05) is 50.2 Å². The number of rotatable bonds is 6. The number of benzene rings is 2. The van der Waals surface area contributed by atoms with Gasteiger partial charge >= 0.3 is 0 Å². The number of methoxy groups -OCH3 is 1. The van der Waals surface area contributed by atoms with Crippen LogP contribution in [-0.2, 0) is 6.54 Å². The van der Waals surface area contributed by atoms with E-state index in [1.165, 1.54) is 0 Å². The maximum absolute atomic E-state index is 6.13. The molecule has 2 aromatic rings. The number of nitrogens with one attached hydrogen (secondary N) is 1. The fourth-order valence-electron chi connectivity index (χ4n) is 2.10. The molecule has 0 aromatic heterocycles. The van der Waals surface area contributed by atoms with E-state index in [4.69, 9.17) is 21.1 Å². The fourth-order valence-corrected chi connectivity index (χ4v) is 2.27. The zero-order chi connectivity index (χ0) is 15.2. The van der Waals surface area contributed by atoms with E-state index in [0.29, 0.717) is 13.2 Å². The maximum atomic E-state index is 6.13. The quantitative estimate of drug-likeness (QED) is 0.841. The molecule has 0 radical (unpaired) electrons. The molecule has 0 aliphatic heterocycles. The normalized spacial score (nSPS) is 10.3. The third-order valence-electron chi connectivity index (χ3n) is 3.28. The van der Waals surface area contributed by atoms with Crippen LogP contribution in [0.25, 0.3) is 0 Å². The molecule has 0 spiro atoms. The van der Waals surface area contributed by atoms with Crippen LogP contribution in [0.4, 0.5) is 5.69 Å². The Bertz CT molecular complexity index is 614. The van der Waals surface area contributed by atoms with Crippen molar-refractivity contribution in [2.75, 3.05) is 19.0 Å². The van der Waals surface area contributed by atoms with E-state index in [-0.39, 0.29) is 0 Å². The molecular weight excluding hydrogens is 286 g/mol. The van der Waals surface area contributed by atoms with E-state index < -0.39 is 0 Å². The second-order valence-electron chi connectivity index (χ2n) is 4.68. The highest BCUT2D eigenvalue weighted by molar-refractivity contribution is 6.31. The van der Waals surface area contributed by atoms with Gasteiger partial charge in [-0.3, -0.25) is 0 Å². The van der Waals surface area contributed by atoms with Crippen LogP contribution in [0.3, 0.4) is 0 Å². The zero-order valence-corrected chi connectivity index (χ0v) is 13.3. The smallest absolute Gasteiger partial charge is 0.161 e. The molecule has 0 atom stereocenters. The third-order valence-corrected chi connectivity index (χ3v) is 3.69. The minimum absolute atomic E-state index is 0.612. The molecule has 0 fully saturated rings. The Balaban J connectivity index is 2.13. The van der Waals surface area contributed by atoms with Crippen LogP contribution >= 0.6 is 11.6 Å². The molecular formula is C17H20ClNO2. The first-order valence-corrected chi connectivity index (χ1v) is 7.32.